The molecule has 1 aliphatic heterocycles. The van der Waals surface area contributed by atoms with E-state index in [0.717, 1.165) is 26.1 Å². The summed E-state index contributed by atoms with van der Waals surface area (Å²) in [5.41, 5.74) is 2.20. The van der Waals surface area contributed by atoms with Crippen LogP contribution < -0.4 is 4.90 Å². The molecule has 0 saturated carbocycles. The summed E-state index contributed by atoms with van der Waals surface area (Å²) in [6, 6.07) is 13.8. The lowest BCUT2D eigenvalue weighted by Crippen LogP contribution is -2.29. The molecule has 0 amide bonds. The van der Waals surface area contributed by atoms with Gasteiger partial charge in [-0.2, -0.15) is 0 Å². The molecule has 1 aromatic carbocycles. The topological polar surface area (TPSA) is 56.7 Å². The van der Waals surface area contributed by atoms with E-state index in [0.29, 0.717) is 23.7 Å². The Morgan fingerprint density at radius 2 is 2.08 bits per heavy atom. The second kappa shape index (κ2) is 7.45. The lowest BCUT2D eigenvalue weighted by molar-refractivity contribution is 0.0694. The highest BCUT2D eigenvalue weighted by Crippen LogP contribution is 2.24. The summed E-state index contributed by atoms with van der Waals surface area (Å²) in [7, 11) is 2.03. The van der Waals surface area contributed by atoms with Crippen molar-refractivity contribution >= 4 is 11.7 Å². The number of hydrogen-bond acceptors (Lipinski definition) is 4. The van der Waals surface area contributed by atoms with Crippen LogP contribution in [-0.2, 0) is 6.54 Å². The fourth-order valence-electron chi connectivity index (χ4n) is 3.37. The van der Waals surface area contributed by atoms with Crippen molar-refractivity contribution in [1.29, 1.82) is 0 Å². The molecule has 24 heavy (non-hydrogen) atoms. The molecule has 5 nitrogen and oxygen atoms in total. The average molecular weight is 325 g/mol. The Labute approximate surface area is 142 Å². The van der Waals surface area contributed by atoms with Gasteiger partial charge in [-0.3, -0.25) is 4.98 Å². The van der Waals surface area contributed by atoms with Gasteiger partial charge in [-0.15, -0.1) is 0 Å². The van der Waals surface area contributed by atoms with Crippen LogP contribution in [0.3, 0.4) is 0 Å². The van der Waals surface area contributed by atoms with E-state index in [1.165, 1.54) is 5.69 Å². The van der Waals surface area contributed by atoms with E-state index >= 15 is 0 Å². The van der Waals surface area contributed by atoms with Crippen LogP contribution >= 0.6 is 0 Å². The predicted molar refractivity (Wildman–Crippen MR) is 94.3 cm³/mol. The fraction of sp³-hybridized carbons (Fsp3) is 0.368. The van der Waals surface area contributed by atoms with Crippen molar-refractivity contribution in [3.63, 3.8) is 0 Å². The zero-order valence-electron chi connectivity index (χ0n) is 13.9. The van der Waals surface area contributed by atoms with Crippen LogP contribution in [0.1, 0.15) is 22.5 Å². The maximum atomic E-state index is 11.3. The maximum absolute atomic E-state index is 11.3. The highest BCUT2D eigenvalue weighted by atomic mass is 16.4. The molecule has 1 fully saturated rings. The summed E-state index contributed by atoms with van der Waals surface area (Å²) in [6.07, 6.45) is 2.82. The van der Waals surface area contributed by atoms with Crippen LogP contribution in [0, 0.1) is 5.92 Å². The number of pyridine rings is 1. The van der Waals surface area contributed by atoms with Crippen molar-refractivity contribution in [2.24, 2.45) is 5.92 Å². The minimum atomic E-state index is -0.914. The van der Waals surface area contributed by atoms with Gasteiger partial charge >= 0.3 is 5.97 Å². The first-order valence-corrected chi connectivity index (χ1v) is 8.29. The SMILES string of the molecule is CN(Cc1ncccc1C(=O)O)C[C@@H]1CCN(c2ccccc2)C1. The first kappa shape index (κ1) is 16.5. The van der Waals surface area contributed by atoms with E-state index in [-0.39, 0.29) is 0 Å². The molecule has 1 aliphatic rings. The molecular weight excluding hydrogens is 302 g/mol. The van der Waals surface area contributed by atoms with Crippen LogP contribution in [-0.4, -0.2) is 47.6 Å². The Balaban J connectivity index is 1.57. The lowest BCUT2D eigenvalue weighted by atomic mass is 10.1. The number of para-hydroxylation sites is 1. The number of benzene rings is 1. The highest BCUT2D eigenvalue weighted by Gasteiger charge is 2.24. The van der Waals surface area contributed by atoms with Crippen LogP contribution in [0.15, 0.2) is 48.7 Å². The number of carboxylic acids is 1. The van der Waals surface area contributed by atoms with Gasteiger partial charge in [-0.25, -0.2) is 4.79 Å². The molecule has 3 rings (SSSR count). The summed E-state index contributed by atoms with van der Waals surface area (Å²) in [5, 5.41) is 9.26. The Morgan fingerprint density at radius 3 is 2.83 bits per heavy atom. The number of anilines is 1. The summed E-state index contributed by atoms with van der Waals surface area (Å²) in [6.45, 7) is 3.62. The third kappa shape index (κ3) is 3.92. The quantitative estimate of drug-likeness (QED) is 0.885. The van der Waals surface area contributed by atoms with Crippen LogP contribution in [0.4, 0.5) is 5.69 Å². The van der Waals surface area contributed by atoms with E-state index in [2.05, 4.69) is 39.0 Å². The molecular formula is C19H23N3O2. The summed E-state index contributed by atoms with van der Waals surface area (Å²) >= 11 is 0. The normalized spacial score (nSPS) is 17.4. The molecule has 1 saturated heterocycles. The molecule has 2 heterocycles. The number of aromatic carboxylic acids is 1. The van der Waals surface area contributed by atoms with Gasteiger partial charge < -0.3 is 14.9 Å². The van der Waals surface area contributed by atoms with Crippen LogP contribution in [0.2, 0.25) is 0 Å². The predicted octanol–water partition coefficient (Wildman–Crippen LogP) is 2.74. The molecule has 2 aromatic rings. The van der Waals surface area contributed by atoms with Crippen LogP contribution in [0.5, 0.6) is 0 Å². The van der Waals surface area contributed by atoms with Gasteiger partial charge in [0.05, 0.1) is 11.3 Å². The van der Waals surface area contributed by atoms with Crippen molar-refractivity contribution in [1.82, 2.24) is 9.88 Å². The Bertz CT molecular complexity index is 690. The minimum Gasteiger partial charge on any atom is -0.478 e. The summed E-state index contributed by atoms with van der Waals surface area (Å²) in [5.74, 6) is -0.324. The molecule has 1 aromatic heterocycles. The van der Waals surface area contributed by atoms with E-state index in [4.69, 9.17) is 0 Å². The first-order valence-electron chi connectivity index (χ1n) is 8.29. The third-order valence-corrected chi connectivity index (χ3v) is 4.52. The molecule has 0 aliphatic carbocycles. The number of carboxylic acid groups (broad SMARTS) is 1. The largest absolute Gasteiger partial charge is 0.478 e. The number of aromatic nitrogens is 1. The smallest absolute Gasteiger partial charge is 0.337 e. The van der Waals surface area contributed by atoms with Gasteiger partial charge in [-0.1, -0.05) is 18.2 Å². The standard InChI is InChI=1S/C19H23N3O2/c1-21(14-18-17(19(23)24)8-5-10-20-18)12-15-9-11-22(13-15)16-6-3-2-4-7-16/h2-8,10,15H,9,11-14H2,1H3,(H,23,24)/t15-/m0/s1. The van der Waals surface area contributed by atoms with Crippen molar-refractivity contribution in [2.75, 3.05) is 31.6 Å². The summed E-state index contributed by atoms with van der Waals surface area (Å²) < 4.78 is 0. The lowest BCUT2D eigenvalue weighted by Gasteiger charge is -2.22. The Kier molecular flexibility index (Phi) is 5.11. The zero-order valence-corrected chi connectivity index (χ0v) is 13.9. The Hall–Kier alpha value is -2.40. The molecule has 0 bridgehead atoms. The molecule has 1 N–H and O–H groups in total. The number of carbonyl (C=O) groups is 1. The van der Waals surface area contributed by atoms with E-state index in [1.54, 1.807) is 18.3 Å². The molecule has 126 valence electrons. The zero-order chi connectivity index (χ0) is 16.9. The molecule has 5 heteroatoms. The molecule has 1 atom stereocenters. The fourth-order valence-corrected chi connectivity index (χ4v) is 3.37. The second-order valence-electron chi connectivity index (χ2n) is 6.44. The molecule has 0 unspecified atom stereocenters. The van der Waals surface area contributed by atoms with Gasteiger partial charge in [0, 0.05) is 38.1 Å². The van der Waals surface area contributed by atoms with Gasteiger partial charge in [0.15, 0.2) is 0 Å². The van der Waals surface area contributed by atoms with Gasteiger partial charge in [0.1, 0.15) is 0 Å². The average Bonchev–Trinajstić information content (AvgIpc) is 3.04. The maximum Gasteiger partial charge on any atom is 0.337 e. The van der Waals surface area contributed by atoms with E-state index in [9.17, 15) is 9.90 Å². The number of hydrogen-bond donors (Lipinski definition) is 1. The minimum absolute atomic E-state index is 0.293. The van der Waals surface area contributed by atoms with Gasteiger partial charge in [0.2, 0.25) is 0 Å². The number of rotatable bonds is 6. The number of nitrogens with zero attached hydrogens (tertiary/aromatic N) is 3. The molecule has 0 radical (unpaired) electrons. The monoisotopic (exact) mass is 325 g/mol. The van der Waals surface area contributed by atoms with Crippen molar-refractivity contribution < 1.29 is 9.90 Å². The van der Waals surface area contributed by atoms with Crippen molar-refractivity contribution in [2.45, 2.75) is 13.0 Å². The Morgan fingerprint density at radius 1 is 1.29 bits per heavy atom. The van der Waals surface area contributed by atoms with E-state index in [1.807, 2.05) is 13.1 Å². The van der Waals surface area contributed by atoms with Crippen molar-refractivity contribution in [3.8, 4) is 0 Å². The summed E-state index contributed by atoms with van der Waals surface area (Å²) in [4.78, 5) is 20.1. The van der Waals surface area contributed by atoms with E-state index < -0.39 is 5.97 Å². The van der Waals surface area contributed by atoms with Gasteiger partial charge in [-0.05, 0) is 43.7 Å². The van der Waals surface area contributed by atoms with Gasteiger partial charge in [0.25, 0.3) is 0 Å². The second-order valence-corrected chi connectivity index (χ2v) is 6.44. The first-order chi connectivity index (χ1) is 11.6. The highest BCUT2D eigenvalue weighted by molar-refractivity contribution is 5.88. The van der Waals surface area contributed by atoms with Crippen molar-refractivity contribution in [3.05, 3.63) is 59.9 Å². The van der Waals surface area contributed by atoms with Crippen LogP contribution in [0.25, 0.3) is 0 Å². The molecule has 0 spiro atoms. The third-order valence-electron chi connectivity index (χ3n) is 4.52.